The minimum atomic E-state index is -0.665. The molecule has 1 aliphatic heterocycles. The fourth-order valence-electron chi connectivity index (χ4n) is 2.76. The molecule has 0 saturated heterocycles. The maximum atomic E-state index is 12.4. The average Bonchev–Trinajstić information content (AvgIpc) is 3.16. The van der Waals surface area contributed by atoms with Crippen LogP contribution >= 0.6 is 11.8 Å². The second-order valence-corrected chi connectivity index (χ2v) is 8.46. The summed E-state index contributed by atoms with van der Waals surface area (Å²) < 4.78 is 1.81. The minimum Gasteiger partial charge on any atom is -0.344 e. The molecule has 2 amide bonds. The normalized spacial score (nSPS) is 13.4. The molecular weight excluding hydrogens is 348 g/mol. The molecule has 0 atom stereocenters. The van der Waals surface area contributed by atoms with E-state index in [1.807, 2.05) is 56.6 Å². The molecule has 0 spiro atoms. The number of carbonyl (C=O) groups excluding carboxylic acids is 2. The molecule has 7 heteroatoms. The highest BCUT2D eigenvalue weighted by Gasteiger charge is 2.29. The van der Waals surface area contributed by atoms with Gasteiger partial charge < -0.3 is 10.6 Å². The van der Waals surface area contributed by atoms with Crippen molar-refractivity contribution in [2.24, 2.45) is 0 Å². The third-order valence-electron chi connectivity index (χ3n) is 4.20. The summed E-state index contributed by atoms with van der Waals surface area (Å²) >= 11 is 1.76. The number of benzene rings is 1. The van der Waals surface area contributed by atoms with Gasteiger partial charge in [-0.05, 0) is 33.3 Å². The zero-order chi connectivity index (χ0) is 18.9. The van der Waals surface area contributed by atoms with E-state index in [0.29, 0.717) is 12.4 Å². The minimum absolute atomic E-state index is 0.282. The summed E-state index contributed by atoms with van der Waals surface area (Å²) in [5.41, 5.74) is 3.83. The molecule has 0 saturated carbocycles. The van der Waals surface area contributed by atoms with Gasteiger partial charge in [0.05, 0.1) is 11.2 Å². The number of nitrogens with one attached hydrogen (secondary N) is 2. The van der Waals surface area contributed by atoms with Crippen LogP contribution in [0, 0.1) is 6.92 Å². The predicted octanol–water partition coefficient (Wildman–Crippen LogP) is 2.95. The largest absolute Gasteiger partial charge is 0.344 e. The number of aromatic nitrogens is 2. The molecule has 26 heavy (non-hydrogen) atoms. The van der Waals surface area contributed by atoms with E-state index in [9.17, 15) is 9.59 Å². The summed E-state index contributed by atoms with van der Waals surface area (Å²) in [5, 5.41) is 10.1. The Bertz CT molecular complexity index is 834. The highest BCUT2D eigenvalue weighted by atomic mass is 32.2. The number of hydrogen-bond acceptors (Lipinski definition) is 4. The third-order valence-corrected chi connectivity index (χ3v) is 5.17. The van der Waals surface area contributed by atoms with Gasteiger partial charge in [-0.2, -0.15) is 16.9 Å². The van der Waals surface area contributed by atoms with Gasteiger partial charge in [0.1, 0.15) is 5.82 Å². The van der Waals surface area contributed by atoms with Crippen LogP contribution in [0.3, 0.4) is 0 Å². The van der Waals surface area contributed by atoms with E-state index in [-0.39, 0.29) is 5.54 Å². The Kier molecular flexibility index (Phi) is 5.09. The van der Waals surface area contributed by atoms with Crippen molar-refractivity contribution in [2.45, 2.75) is 51.3 Å². The van der Waals surface area contributed by atoms with Crippen LogP contribution in [0.5, 0.6) is 0 Å². The lowest BCUT2D eigenvalue weighted by Crippen LogP contribution is -2.36. The highest BCUT2D eigenvalue weighted by molar-refractivity contribution is 7.98. The Hall–Kier alpha value is -2.28. The summed E-state index contributed by atoms with van der Waals surface area (Å²) in [6.45, 7) is 8.39. The standard InChI is InChI=1S/C19H24N4O2S/c1-12-5-7-13(8-6-12)9-20-17(24)18(25)21-16-14-10-26-11-15(14)22-23(16)19(2,3)4/h5-8H,9-11H2,1-4H3,(H,20,24)(H,21,25). The molecule has 2 aromatic rings. The van der Waals surface area contributed by atoms with Gasteiger partial charge in [0.15, 0.2) is 0 Å². The summed E-state index contributed by atoms with van der Waals surface area (Å²) in [4.78, 5) is 24.6. The molecule has 1 aliphatic rings. The second kappa shape index (κ2) is 7.15. The monoisotopic (exact) mass is 372 g/mol. The van der Waals surface area contributed by atoms with Crippen LogP contribution in [0.2, 0.25) is 0 Å². The molecule has 1 aromatic heterocycles. The van der Waals surface area contributed by atoms with Gasteiger partial charge in [-0.15, -0.1) is 0 Å². The van der Waals surface area contributed by atoms with Crippen molar-refractivity contribution in [1.29, 1.82) is 0 Å². The molecule has 138 valence electrons. The van der Waals surface area contributed by atoms with Crippen molar-refractivity contribution in [1.82, 2.24) is 15.1 Å². The van der Waals surface area contributed by atoms with Crippen molar-refractivity contribution in [2.75, 3.05) is 5.32 Å². The first kappa shape index (κ1) is 18.5. The number of thioether (sulfide) groups is 1. The van der Waals surface area contributed by atoms with Crippen LogP contribution in [0.25, 0.3) is 0 Å². The van der Waals surface area contributed by atoms with Gasteiger partial charge in [0, 0.05) is 23.6 Å². The molecule has 0 fully saturated rings. The Labute approximate surface area is 157 Å². The molecule has 1 aromatic carbocycles. The molecule has 2 heterocycles. The fraction of sp³-hybridized carbons (Fsp3) is 0.421. The van der Waals surface area contributed by atoms with Crippen molar-refractivity contribution >= 4 is 29.4 Å². The number of aryl methyl sites for hydroxylation is 1. The third kappa shape index (κ3) is 3.93. The van der Waals surface area contributed by atoms with Crippen LogP contribution in [0.15, 0.2) is 24.3 Å². The number of nitrogens with zero attached hydrogens (tertiary/aromatic N) is 2. The maximum Gasteiger partial charge on any atom is 0.314 e. The Morgan fingerprint density at radius 3 is 2.50 bits per heavy atom. The maximum absolute atomic E-state index is 12.4. The summed E-state index contributed by atoms with van der Waals surface area (Å²) in [5.74, 6) is 0.953. The number of anilines is 1. The van der Waals surface area contributed by atoms with Crippen LogP contribution < -0.4 is 10.6 Å². The van der Waals surface area contributed by atoms with Crippen molar-refractivity contribution < 1.29 is 9.59 Å². The van der Waals surface area contributed by atoms with Crippen molar-refractivity contribution in [3.8, 4) is 0 Å². The van der Waals surface area contributed by atoms with Crippen molar-refractivity contribution in [3.63, 3.8) is 0 Å². The number of hydrogen-bond donors (Lipinski definition) is 2. The highest BCUT2D eigenvalue weighted by Crippen LogP contribution is 2.37. The number of amides is 2. The second-order valence-electron chi connectivity index (χ2n) is 7.47. The first-order chi connectivity index (χ1) is 12.3. The molecule has 0 radical (unpaired) electrons. The van der Waals surface area contributed by atoms with E-state index in [2.05, 4.69) is 15.7 Å². The van der Waals surface area contributed by atoms with E-state index < -0.39 is 11.8 Å². The topological polar surface area (TPSA) is 76.0 Å². The quantitative estimate of drug-likeness (QED) is 0.812. The first-order valence-electron chi connectivity index (χ1n) is 8.59. The smallest absolute Gasteiger partial charge is 0.314 e. The van der Waals surface area contributed by atoms with Gasteiger partial charge in [0.2, 0.25) is 0 Å². The molecule has 2 N–H and O–H groups in total. The first-order valence-corrected chi connectivity index (χ1v) is 9.75. The van der Waals surface area contributed by atoms with Crippen LogP contribution in [0.4, 0.5) is 5.82 Å². The predicted molar refractivity (Wildman–Crippen MR) is 104 cm³/mol. The van der Waals surface area contributed by atoms with Gasteiger partial charge in [-0.1, -0.05) is 29.8 Å². The molecule has 0 unspecified atom stereocenters. The van der Waals surface area contributed by atoms with E-state index in [1.165, 1.54) is 0 Å². The van der Waals surface area contributed by atoms with Gasteiger partial charge in [0.25, 0.3) is 0 Å². The lowest BCUT2D eigenvalue weighted by molar-refractivity contribution is -0.136. The van der Waals surface area contributed by atoms with Crippen molar-refractivity contribution in [3.05, 3.63) is 46.6 Å². The summed E-state index contributed by atoms with van der Waals surface area (Å²) in [6.07, 6.45) is 0. The molecule has 0 aliphatic carbocycles. The Balaban J connectivity index is 1.69. The molecule has 3 rings (SSSR count). The van der Waals surface area contributed by atoms with Crippen LogP contribution in [0.1, 0.15) is 43.2 Å². The number of rotatable bonds is 3. The lowest BCUT2D eigenvalue weighted by Gasteiger charge is -2.23. The Morgan fingerprint density at radius 2 is 1.85 bits per heavy atom. The molecule has 6 nitrogen and oxygen atoms in total. The van der Waals surface area contributed by atoms with Gasteiger partial charge in [-0.3, -0.25) is 9.59 Å². The van der Waals surface area contributed by atoms with Gasteiger partial charge in [-0.25, -0.2) is 4.68 Å². The van der Waals surface area contributed by atoms with E-state index in [1.54, 1.807) is 11.8 Å². The Morgan fingerprint density at radius 1 is 1.15 bits per heavy atom. The van der Waals surface area contributed by atoms with Crippen LogP contribution in [-0.2, 0) is 33.2 Å². The lowest BCUT2D eigenvalue weighted by atomic mass is 10.1. The summed E-state index contributed by atoms with van der Waals surface area (Å²) in [6, 6.07) is 7.83. The number of fused-ring (bicyclic) bond motifs is 1. The van der Waals surface area contributed by atoms with Crippen LogP contribution in [-0.4, -0.2) is 21.6 Å². The number of carbonyl (C=O) groups is 2. The molecular formula is C19H24N4O2S. The van der Waals surface area contributed by atoms with E-state index in [0.717, 1.165) is 33.9 Å². The van der Waals surface area contributed by atoms with E-state index in [4.69, 9.17) is 0 Å². The average molecular weight is 372 g/mol. The zero-order valence-corrected chi connectivity index (χ0v) is 16.4. The molecule has 0 bridgehead atoms. The summed E-state index contributed by atoms with van der Waals surface area (Å²) in [7, 11) is 0. The van der Waals surface area contributed by atoms with Gasteiger partial charge >= 0.3 is 11.8 Å². The fourth-order valence-corrected chi connectivity index (χ4v) is 3.79. The zero-order valence-electron chi connectivity index (χ0n) is 15.5. The SMILES string of the molecule is Cc1ccc(CNC(=O)C(=O)Nc2c3c(nn2C(C)(C)C)CSC3)cc1. The van der Waals surface area contributed by atoms with E-state index >= 15 is 0 Å².